The molecule has 2 heteroatoms. The van der Waals surface area contributed by atoms with Crippen LogP contribution in [0.5, 0.6) is 0 Å². The van der Waals surface area contributed by atoms with Crippen molar-refractivity contribution >= 4 is 18.1 Å². The summed E-state index contributed by atoms with van der Waals surface area (Å²) >= 11 is -2.15. The van der Waals surface area contributed by atoms with Crippen LogP contribution >= 0.6 is 0 Å². The molecule has 2 aliphatic carbocycles. The first-order valence-corrected chi connectivity index (χ1v) is 25.5. The predicted octanol–water partition coefficient (Wildman–Crippen LogP) is 10.8. The third-order valence-corrected chi connectivity index (χ3v) is 31.1. The van der Waals surface area contributed by atoms with Crippen molar-refractivity contribution in [3.63, 3.8) is 0 Å². The zero-order valence-electron chi connectivity index (χ0n) is 25.5. The van der Waals surface area contributed by atoms with Crippen LogP contribution in [0.2, 0.25) is 13.1 Å². The normalized spacial score (nSPS) is 17.5. The first-order valence-electron chi connectivity index (χ1n) is 15.6. The average Bonchev–Trinajstić information content (AvgIpc) is 3.53. The number of benzene rings is 4. The number of hydrogen-bond acceptors (Lipinski definition) is 0. The Morgan fingerprint density at radius 1 is 0.707 bits per heavy atom. The number of hydrogen-bond donors (Lipinski definition) is 0. The Kier molecular flexibility index (Phi) is 8.35. The molecule has 0 aromatic heterocycles. The summed E-state index contributed by atoms with van der Waals surface area (Å²) in [4.78, 5) is 0. The van der Waals surface area contributed by atoms with Crippen LogP contribution in [-0.4, -0.2) is 5.92 Å². The van der Waals surface area contributed by atoms with E-state index in [0.29, 0.717) is 13.2 Å². The molecule has 0 heterocycles. The van der Waals surface area contributed by atoms with E-state index in [1.807, 2.05) is 0 Å². The predicted molar refractivity (Wildman–Crippen MR) is 179 cm³/mol. The van der Waals surface area contributed by atoms with Crippen molar-refractivity contribution in [3.8, 4) is 22.3 Å². The van der Waals surface area contributed by atoms with Gasteiger partial charge in [-0.05, 0) is 0 Å². The molecule has 0 bridgehead atoms. The molecule has 2 aliphatic rings. The summed E-state index contributed by atoms with van der Waals surface area (Å²) in [6, 6.07) is 34.2. The fraction of sp³-hybridized carbons (Fsp3) is 0.282. The van der Waals surface area contributed by atoms with Gasteiger partial charge in [-0.1, -0.05) is 0 Å². The van der Waals surface area contributed by atoms with Crippen LogP contribution < -0.4 is 0 Å². The van der Waals surface area contributed by atoms with Crippen LogP contribution in [0, 0.1) is 5.92 Å². The van der Waals surface area contributed by atoms with E-state index in [2.05, 4.69) is 144 Å². The molecule has 0 fully saturated rings. The maximum absolute atomic E-state index is 2.69. The van der Waals surface area contributed by atoms with Crippen molar-refractivity contribution in [1.29, 1.82) is 0 Å². The molecule has 2 unspecified atom stereocenters. The zero-order chi connectivity index (χ0) is 28.7. The Morgan fingerprint density at radius 2 is 1.34 bits per heavy atom. The van der Waals surface area contributed by atoms with E-state index in [0.717, 1.165) is 0 Å². The van der Waals surface area contributed by atoms with Gasteiger partial charge in [0.2, 0.25) is 0 Å². The molecule has 207 valence electrons. The van der Waals surface area contributed by atoms with Crippen LogP contribution in [0.3, 0.4) is 0 Å². The van der Waals surface area contributed by atoms with Crippen molar-refractivity contribution in [2.75, 3.05) is 0 Å². The molecule has 0 aliphatic heterocycles. The van der Waals surface area contributed by atoms with E-state index in [1.165, 1.54) is 46.2 Å². The first-order chi connectivity index (χ1) is 19.9. The third-order valence-electron chi connectivity index (χ3n) is 9.28. The van der Waals surface area contributed by atoms with E-state index in [1.54, 1.807) is 27.8 Å². The molecule has 41 heavy (non-hydrogen) atoms. The van der Waals surface area contributed by atoms with Crippen LogP contribution in [0.25, 0.3) is 34.4 Å². The van der Waals surface area contributed by atoms with Crippen molar-refractivity contribution in [2.45, 2.75) is 60.9 Å². The van der Waals surface area contributed by atoms with Gasteiger partial charge in [0, 0.05) is 0 Å². The van der Waals surface area contributed by atoms with Crippen LogP contribution in [0.4, 0.5) is 0 Å². The molecule has 0 radical (unpaired) electrons. The van der Waals surface area contributed by atoms with Gasteiger partial charge < -0.3 is 0 Å². The fourth-order valence-electron chi connectivity index (χ4n) is 7.50. The molecule has 6 rings (SSSR count). The first kappa shape index (κ1) is 28.6. The molecule has 2 atom stereocenters. The second-order valence-electron chi connectivity index (χ2n) is 12.6. The molecule has 0 amide bonds. The topological polar surface area (TPSA) is 0 Å². The Morgan fingerprint density at radius 3 is 1.93 bits per heavy atom. The third kappa shape index (κ3) is 5.17. The van der Waals surface area contributed by atoms with Crippen molar-refractivity contribution in [3.05, 3.63) is 130 Å². The summed E-state index contributed by atoms with van der Waals surface area (Å²) in [5, 5.41) is 0. The number of fused-ring (bicyclic) bond motifs is 2. The molecule has 0 spiro atoms. The molecule has 0 saturated heterocycles. The molecular weight excluding hydrogens is 588 g/mol. The standard InChI is InChI=1S/C19H19.C18H17.C2H7Si.Zr/c1-3-7-15-10-11-17(16-8-5-4-6-9-16)19-13-14(2)12-18(15)19;1-13(2)16-11-15-9-6-10-17(18(15)12-16)14-7-4-3-5-8-14;1-3-2;/h4-6,8-13H,3,7H2,1-2H3;3-13H,1-2H3;3H,1-2H3;. The summed E-state index contributed by atoms with van der Waals surface area (Å²) in [6.45, 7) is 15.1. The molecular formula is C39H43SiZr. The van der Waals surface area contributed by atoms with Crippen LogP contribution in [-0.2, 0) is 27.3 Å². The van der Waals surface area contributed by atoms with Gasteiger partial charge >= 0.3 is 258 Å². The van der Waals surface area contributed by atoms with Gasteiger partial charge in [0.25, 0.3) is 0 Å². The van der Waals surface area contributed by atoms with Crippen LogP contribution in [0.15, 0.2) is 102 Å². The quantitative estimate of drug-likeness (QED) is 0.170. The van der Waals surface area contributed by atoms with E-state index >= 15 is 0 Å². The van der Waals surface area contributed by atoms with Gasteiger partial charge in [-0.25, -0.2) is 0 Å². The summed E-state index contributed by atoms with van der Waals surface area (Å²) in [6.07, 6.45) is 7.61. The summed E-state index contributed by atoms with van der Waals surface area (Å²) in [7, 11) is 0. The Hall–Kier alpha value is -2.54. The Labute approximate surface area is 256 Å². The van der Waals surface area contributed by atoms with E-state index in [9.17, 15) is 0 Å². The van der Waals surface area contributed by atoms with E-state index in [4.69, 9.17) is 0 Å². The minimum atomic E-state index is -2.15. The molecule has 0 N–H and O–H groups in total. The maximum atomic E-state index is 2.69. The van der Waals surface area contributed by atoms with Gasteiger partial charge in [0.05, 0.1) is 0 Å². The van der Waals surface area contributed by atoms with Crippen molar-refractivity contribution < 1.29 is 20.9 Å². The summed E-state index contributed by atoms with van der Waals surface area (Å²) < 4.78 is 1.33. The molecule has 4 aromatic rings. The molecule has 0 nitrogen and oxygen atoms in total. The molecule has 0 saturated carbocycles. The van der Waals surface area contributed by atoms with Crippen molar-refractivity contribution in [1.82, 2.24) is 0 Å². The Balaban J connectivity index is 1.54. The second-order valence-corrected chi connectivity index (χ2v) is 32.7. The zero-order valence-corrected chi connectivity index (χ0v) is 29.2. The summed E-state index contributed by atoms with van der Waals surface area (Å²) in [5.74, 6) is -0.367. The van der Waals surface area contributed by atoms with Gasteiger partial charge in [0.15, 0.2) is 0 Å². The van der Waals surface area contributed by atoms with E-state index in [-0.39, 0.29) is 0 Å². The van der Waals surface area contributed by atoms with E-state index < -0.39 is 26.8 Å². The van der Waals surface area contributed by atoms with Gasteiger partial charge in [-0.3, -0.25) is 0 Å². The van der Waals surface area contributed by atoms with Gasteiger partial charge in [-0.2, -0.15) is 0 Å². The van der Waals surface area contributed by atoms with Gasteiger partial charge in [-0.15, -0.1) is 0 Å². The summed E-state index contributed by atoms with van der Waals surface area (Å²) in [5.41, 5.74) is 16.9. The number of rotatable bonds is 8. The number of allylic oxidation sites excluding steroid dienone is 2. The average molecular weight is 631 g/mol. The van der Waals surface area contributed by atoms with Gasteiger partial charge in [0.1, 0.15) is 0 Å². The molecule has 4 aromatic carbocycles. The SMILES string of the molecule is CCCc1ccc(-c2ccccc2)c2c1[CH]([Zr]([CH]1C(C(C)C)=Cc3c(-c4ccccc4)cccc31)[SiH](C)C)C(C)=C2. The number of aryl methyl sites for hydroxylation is 1. The monoisotopic (exact) mass is 629 g/mol. The van der Waals surface area contributed by atoms with Crippen molar-refractivity contribution in [2.24, 2.45) is 5.92 Å². The van der Waals surface area contributed by atoms with Crippen LogP contribution in [0.1, 0.15) is 69.2 Å². The Bertz CT molecular complexity index is 1610. The fourth-order valence-corrected chi connectivity index (χ4v) is 30.9. The second kappa shape index (κ2) is 12.0. The minimum absolute atomic E-state index is 0.565.